The van der Waals surface area contributed by atoms with Gasteiger partial charge in [0.05, 0.1) is 31.3 Å². The highest BCUT2D eigenvalue weighted by atomic mass is 127. The van der Waals surface area contributed by atoms with Crippen molar-refractivity contribution in [3.8, 4) is 0 Å². The summed E-state index contributed by atoms with van der Waals surface area (Å²) in [6, 6.07) is 8.71. The summed E-state index contributed by atoms with van der Waals surface area (Å²) in [5.41, 5.74) is 2.87. The van der Waals surface area contributed by atoms with E-state index in [1.165, 1.54) is 38.5 Å². The summed E-state index contributed by atoms with van der Waals surface area (Å²) in [7, 11) is 2.55. The minimum absolute atomic E-state index is 0.286. The van der Waals surface area contributed by atoms with Crippen LogP contribution in [0.2, 0.25) is 0 Å². The highest BCUT2D eigenvalue weighted by molar-refractivity contribution is 14.1. The number of hydrogen-bond donors (Lipinski definition) is 1. The van der Waals surface area contributed by atoms with Gasteiger partial charge in [0.25, 0.3) is 0 Å². The molecule has 180 valence electrons. The number of halogens is 4. The van der Waals surface area contributed by atoms with Crippen molar-refractivity contribution in [1.82, 2.24) is 5.32 Å². The molecule has 34 heavy (non-hydrogen) atoms. The monoisotopic (exact) mass is 695 g/mol. The number of benzene rings is 2. The number of rotatable bonds is 4. The highest BCUT2D eigenvalue weighted by Gasteiger charge is 2.37. The van der Waals surface area contributed by atoms with Crippen molar-refractivity contribution in [2.45, 2.75) is 19.8 Å². The largest absolute Gasteiger partial charge is 0.466 e. The van der Waals surface area contributed by atoms with Crippen LogP contribution in [0.25, 0.3) is 0 Å². The summed E-state index contributed by atoms with van der Waals surface area (Å²) < 4.78 is 36.8. The highest BCUT2D eigenvalue weighted by Crippen LogP contribution is 2.39. The number of ether oxygens (including phenoxy) is 2. The van der Waals surface area contributed by atoms with E-state index in [1.54, 1.807) is 26.0 Å². The van der Waals surface area contributed by atoms with Crippen molar-refractivity contribution in [1.29, 1.82) is 0 Å². The zero-order chi connectivity index (χ0) is 25.6. The molecule has 0 fully saturated rings. The molecule has 1 aliphatic rings. The van der Waals surface area contributed by atoms with Crippen molar-refractivity contribution >= 4 is 63.4 Å². The Hall–Kier alpha value is -2.35. The van der Waals surface area contributed by atoms with Gasteiger partial charge in [-0.25, -0.2) is 18.4 Å². The maximum atomic E-state index is 13.6. The number of nitrogens with one attached hydrogen (secondary N) is 1. The lowest BCUT2D eigenvalue weighted by molar-refractivity contribution is -0.137. The Kier molecular flexibility index (Phi) is 10.2. The first-order valence-corrected chi connectivity index (χ1v) is 11.9. The van der Waals surface area contributed by atoms with E-state index >= 15 is 0 Å². The van der Waals surface area contributed by atoms with Gasteiger partial charge in [-0.05, 0) is 94.9 Å². The molecule has 1 heterocycles. The lowest BCUT2D eigenvalue weighted by Crippen LogP contribution is -2.32. The average molecular weight is 695 g/mol. The van der Waals surface area contributed by atoms with Crippen LogP contribution < -0.4 is 5.32 Å². The zero-order valence-electron chi connectivity index (χ0n) is 18.7. The Morgan fingerprint density at radius 2 is 1.35 bits per heavy atom. The van der Waals surface area contributed by atoms with Gasteiger partial charge in [0.1, 0.15) is 17.9 Å². The van der Waals surface area contributed by atoms with Crippen LogP contribution in [-0.4, -0.2) is 32.4 Å². The third-order valence-corrected chi connectivity index (χ3v) is 6.58. The second kappa shape index (κ2) is 12.4. The predicted octanol–water partition coefficient (Wildman–Crippen LogP) is 5.25. The van der Waals surface area contributed by atoms with Crippen LogP contribution in [0.1, 0.15) is 35.7 Å². The van der Waals surface area contributed by atoms with Crippen LogP contribution in [0.15, 0.2) is 58.9 Å². The second-order valence-electron chi connectivity index (χ2n) is 7.08. The summed E-state index contributed by atoms with van der Waals surface area (Å²) >= 11 is 3.71. The van der Waals surface area contributed by atoms with E-state index in [2.05, 4.69) is 5.32 Å². The lowest BCUT2D eigenvalue weighted by Gasteiger charge is -2.30. The van der Waals surface area contributed by atoms with E-state index in [4.69, 9.17) is 9.47 Å². The van der Waals surface area contributed by atoms with Gasteiger partial charge in [0.2, 0.25) is 0 Å². The maximum absolute atomic E-state index is 13.6. The minimum atomic E-state index is -0.694. The molecule has 0 saturated heterocycles. The molecule has 0 aliphatic carbocycles. The van der Waals surface area contributed by atoms with Gasteiger partial charge in [-0.3, -0.25) is 4.79 Å². The number of aldehydes is 1. The Balaban J connectivity index is 0.000000340. The van der Waals surface area contributed by atoms with Crippen LogP contribution in [0.4, 0.5) is 8.78 Å². The Morgan fingerprint density at radius 3 is 1.76 bits per heavy atom. The van der Waals surface area contributed by atoms with E-state index in [-0.39, 0.29) is 11.6 Å². The van der Waals surface area contributed by atoms with Crippen LogP contribution in [0.3, 0.4) is 0 Å². The number of allylic oxidation sites excluding steroid dienone is 2. The summed E-state index contributed by atoms with van der Waals surface area (Å²) in [6.07, 6.45) is 0.696. The van der Waals surface area contributed by atoms with Gasteiger partial charge in [-0.15, -0.1) is 0 Å². The van der Waals surface area contributed by atoms with Gasteiger partial charge in [0.15, 0.2) is 0 Å². The number of dihydropyridines is 1. The average Bonchev–Trinajstić information content (AvgIpc) is 2.81. The maximum Gasteiger partial charge on any atom is 0.336 e. The van der Waals surface area contributed by atoms with E-state index in [9.17, 15) is 23.2 Å². The molecule has 0 atom stereocenters. The molecule has 10 heteroatoms. The predicted molar refractivity (Wildman–Crippen MR) is 139 cm³/mol. The fourth-order valence-electron chi connectivity index (χ4n) is 3.37. The number of carbonyl (C=O) groups excluding carboxylic acids is 3. The lowest BCUT2D eigenvalue weighted by atomic mass is 9.80. The Bertz CT molecular complexity index is 1160. The number of esters is 2. The van der Waals surface area contributed by atoms with Crippen molar-refractivity contribution in [3.05, 3.63) is 88.8 Å². The molecule has 0 unspecified atom stereocenters. The molecule has 0 bridgehead atoms. The third-order valence-electron chi connectivity index (χ3n) is 4.93. The molecule has 0 saturated carbocycles. The van der Waals surface area contributed by atoms with Crippen molar-refractivity contribution in [2.24, 2.45) is 0 Å². The first-order valence-electron chi connectivity index (χ1n) is 9.76. The Morgan fingerprint density at radius 1 is 0.882 bits per heavy atom. The van der Waals surface area contributed by atoms with Gasteiger partial charge in [-0.1, -0.05) is 6.07 Å². The third kappa shape index (κ3) is 6.40. The van der Waals surface area contributed by atoms with Gasteiger partial charge < -0.3 is 14.8 Å². The first kappa shape index (κ1) is 27.9. The zero-order valence-corrected chi connectivity index (χ0v) is 23.0. The second-order valence-corrected chi connectivity index (χ2v) is 9.41. The van der Waals surface area contributed by atoms with Crippen LogP contribution in [-0.2, 0) is 19.1 Å². The molecule has 3 rings (SSSR count). The van der Waals surface area contributed by atoms with Crippen molar-refractivity contribution in [2.75, 3.05) is 14.2 Å². The topological polar surface area (TPSA) is 81.7 Å². The molecule has 1 aliphatic heterocycles. The summed E-state index contributed by atoms with van der Waals surface area (Å²) in [6.45, 7) is 3.45. The normalized spacial score (nSPS) is 13.5. The molecule has 0 aromatic heterocycles. The molecule has 0 amide bonds. The summed E-state index contributed by atoms with van der Waals surface area (Å²) in [5, 5.41) is 3.02. The number of hydrogen-bond acceptors (Lipinski definition) is 6. The smallest absolute Gasteiger partial charge is 0.336 e. The SMILES string of the molecule is COC(=O)C1=C(C)NC(C)=C(C(=O)OC)C1c1ccc(F)c(I)c1.O=Cc1ccc(F)c(I)c1. The van der Waals surface area contributed by atoms with Crippen LogP contribution in [0.5, 0.6) is 0 Å². The van der Waals surface area contributed by atoms with Crippen molar-refractivity contribution < 1.29 is 32.6 Å². The quantitative estimate of drug-likeness (QED) is 0.268. The van der Waals surface area contributed by atoms with E-state index in [0.29, 0.717) is 47.1 Å². The number of carbonyl (C=O) groups is 3. The molecule has 1 N–H and O–H groups in total. The summed E-state index contributed by atoms with van der Waals surface area (Å²) in [4.78, 5) is 34.8. The summed E-state index contributed by atoms with van der Waals surface area (Å²) in [5.74, 6) is -2.46. The first-order chi connectivity index (χ1) is 16.0. The minimum Gasteiger partial charge on any atom is -0.466 e. The van der Waals surface area contributed by atoms with E-state index < -0.39 is 17.9 Å². The standard InChI is InChI=1S/C17H17FINO4.C7H4FIO/c1-8-13(16(21)23-3)15(10-5-6-11(18)12(19)7-10)14(9(2)20-8)17(22)24-4;8-6-2-1-5(4-10)3-7(6)9/h5-7,15,20H,1-4H3;1-4H. The molecule has 0 radical (unpaired) electrons. The molecule has 2 aromatic carbocycles. The van der Waals surface area contributed by atoms with Gasteiger partial charge >= 0.3 is 11.9 Å². The van der Waals surface area contributed by atoms with Gasteiger partial charge in [-0.2, -0.15) is 0 Å². The number of methoxy groups -OCH3 is 2. The fraction of sp³-hybridized carbons (Fsp3) is 0.208. The molecule has 6 nitrogen and oxygen atoms in total. The fourth-order valence-corrected chi connectivity index (χ4v) is 4.44. The van der Waals surface area contributed by atoms with Crippen LogP contribution >= 0.6 is 45.2 Å². The van der Waals surface area contributed by atoms with Crippen LogP contribution in [0, 0.1) is 18.8 Å². The molecular formula is C24H21F2I2NO5. The molecule has 0 spiro atoms. The van der Waals surface area contributed by atoms with E-state index in [0.717, 1.165) is 0 Å². The Labute approximate surface area is 223 Å². The van der Waals surface area contributed by atoms with E-state index in [1.807, 2.05) is 45.2 Å². The molecule has 2 aromatic rings. The van der Waals surface area contributed by atoms with Gasteiger partial charge in [0, 0.05) is 24.1 Å². The van der Waals surface area contributed by atoms with Crippen molar-refractivity contribution in [3.63, 3.8) is 0 Å². The molecular weight excluding hydrogens is 674 g/mol.